The molecule has 27 heavy (non-hydrogen) atoms. The van der Waals surface area contributed by atoms with Crippen LogP contribution in [0.2, 0.25) is 0 Å². The minimum atomic E-state index is -0.206. The van der Waals surface area contributed by atoms with Crippen LogP contribution < -0.4 is 4.74 Å². The van der Waals surface area contributed by atoms with Gasteiger partial charge >= 0.3 is 0 Å². The van der Waals surface area contributed by atoms with Gasteiger partial charge in [-0.05, 0) is 45.1 Å². The molecule has 2 aromatic rings. The lowest BCUT2D eigenvalue weighted by molar-refractivity contribution is -0.167. The first kappa shape index (κ1) is 18.0. The zero-order chi connectivity index (χ0) is 18.9. The van der Waals surface area contributed by atoms with Gasteiger partial charge in [-0.15, -0.1) is 0 Å². The van der Waals surface area contributed by atoms with Crippen LogP contribution in [0.4, 0.5) is 0 Å². The van der Waals surface area contributed by atoms with E-state index in [1.54, 1.807) is 18.7 Å². The molecule has 0 unspecified atom stereocenters. The van der Waals surface area contributed by atoms with Crippen LogP contribution in [0.5, 0.6) is 5.88 Å². The molecular formula is C20H25N3O4. The monoisotopic (exact) mass is 371 g/mol. The highest BCUT2D eigenvalue weighted by Gasteiger charge is 2.49. The van der Waals surface area contributed by atoms with Crippen molar-refractivity contribution in [1.29, 1.82) is 0 Å². The fraction of sp³-hybridized carbons (Fsp3) is 0.550. The Morgan fingerprint density at radius 1 is 1.37 bits per heavy atom. The molecule has 0 aliphatic carbocycles. The fourth-order valence-corrected chi connectivity index (χ4v) is 3.96. The minimum Gasteiger partial charge on any atom is -0.477 e. The molecule has 0 saturated carbocycles. The first-order valence-electron chi connectivity index (χ1n) is 9.43. The molecule has 1 amide bonds. The van der Waals surface area contributed by atoms with Crippen molar-refractivity contribution in [3.8, 4) is 5.88 Å². The van der Waals surface area contributed by atoms with Gasteiger partial charge in [-0.1, -0.05) is 0 Å². The van der Waals surface area contributed by atoms with Crippen LogP contribution in [-0.2, 0) is 4.74 Å². The summed E-state index contributed by atoms with van der Waals surface area (Å²) in [4.78, 5) is 22.7. The summed E-state index contributed by atoms with van der Waals surface area (Å²) in [7, 11) is 0. The number of hydrogen-bond donors (Lipinski definition) is 0. The van der Waals surface area contributed by atoms with Crippen LogP contribution in [0.25, 0.3) is 0 Å². The summed E-state index contributed by atoms with van der Waals surface area (Å²) < 4.78 is 17.1. The van der Waals surface area contributed by atoms with Gasteiger partial charge in [0.15, 0.2) is 5.76 Å². The molecule has 2 aliphatic heterocycles. The van der Waals surface area contributed by atoms with Crippen molar-refractivity contribution < 1.29 is 18.7 Å². The van der Waals surface area contributed by atoms with Gasteiger partial charge in [0.05, 0.1) is 37.9 Å². The normalized spacial score (nSPS) is 21.1. The van der Waals surface area contributed by atoms with Crippen LogP contribution in [0, 0.1) is 19.8 Å². The lowest BCUT2D eigenvalue weighted by Crippen LogP contribution is -2.66. The number of aryl methyl sites for hydroxylation is 2. The molecular weight excluding hydrogens is 346 g/mol. The summed E-state index contributed by atoms with van der Waals surface area (Å²) in [6, 6.07) is 1.81. The molecule has 7 heteroatoms. The molecule has 0 aromatic carbocycles. The maximum absolute atomic E-state index is 12.5. The van der Waals surface area contributed by atoms with Crippen molar-refractivity contribution in [3.05, 3.63) is 41.7 Å². The summed E-state index contributed by atoms with van der Waals surface area (Å²) in [5, 5.41) is 0. The van der Waals surface area contributed by atoms with Gasteiger partial charge in [0, 0.05) is 18.4 Å². The van der Waals surface area contributed by atoms with Gasteiger partial charge in [0.1, 0.15) is 5.60 Å². The average Bonchev–Trinajstić information content (AvgIpc) is 3.05. The third kappa shape index (κ3) is 3.83. The quantitative estimate of drug-likeness (QED) is 0.804. The first-order valence-corrected chi connectivity index (χ1v) is 9.43. The molecule has 0 N–H and O–H groups in total. The summed E-state index contributed by atoms with van der Waals surface area (Å²) >= 11 is 0. The smallest absolute Gasteiger partial charge is 0.290 e. The van der Waals surface area contributed by atoms with Gasteiger partial charge in [-0.2, -0.15) is 0 Å². The number of aromatic nitrogens is 2. The largest absolute Gasteiger partial charge is 0.477 e. The van der Waals surface area contributed by atoms with E-state index < -0.39 is 0 Å². The number of amides is 1. The summed E-state index contributed by atoms with van der Waals surface area (Å²) in [6.45, 7) is 6.40. The predicted molar refractivity (Wildman–Crippen MR) is 97.6 cm³/mol. The Morgan fingerprint density at radius 2 is 2.22 bits per heavy atom. The summed E-state index contributed by atoms with van der Waals surface area (Å²) in [5.74, 6) is 1.49. The number of hydrogen-bond acceptors (Lipinski definition) is 6. The van der Waals surface area contributed by atoms with Crippen molar-refractivity contribution in [2.24, 2.45) is 5.92 Å². The van der Waals surface area contributed by atoms with E-state index >= 15 is 0 Å². The molecule has 2 fully saturated rings. The van der Waals surface area contributed by atoms with Gasteiger partial charge in [-0.3, -0.25) is 9.78 Å². The zero-order valence-electron chi connectivity index (χ0n) is 15.8. The Labute approximate surface area is 158 Å². The van der Waals surface area contributed by atoms with Crippen molar-refractivity contribution in [3.63, 3.8) is 0 Å². The third-order valence-corrected chi connectivity index (χ3v) is 5.41. The topological polar surface area (TPSA) is 77.7 Å². The van der Waals surface area contributed by atoms with Gasteiger partial charge in [0.25, 0.3) is 5.91 Å². The Balaban J connectivity index is 1.26. The Kier molecular flexibility index (Phi) is 4.86. The van der Waals surface area contributed by atoms with E-state index in [1.807, 2.05) is 24.8 Å². The molecule has 144 valence electrons. The summed E-state index contributed by atoms with van der Waals surface area (Å²) in [6.07, 6.45) is 7.84. The maximum Gasteiger partial charge on any atom is 0.290 e. The SMILES string of the molecule is Cc1cncc(OCC[C@H]2CCOC3(C2)CN(C(=O)c2occc2C)C3)n1. The Morgan fingerprint density at radius 3 is 2.96 bits per heavy atom. The molecule has 1 atom stereocenters. The standard InChI is InChI=1S/C20H25N3O4/c1-14-3-6-26-18(14)19(24)23-12-20(13-23)9-16(5-8-27-20)4-7-25-17-11-21-10-15(2)22-17/h3,6,10-11,16H,4-5,7-9,12-13H2,1-2H3/t16-/m0/s1. The van der Waals surface area contributed by atoms with Gasteiger partial charge in [0.2, 0.25) is 5.88 Å². The van der Waals surface area contributed by atoms with E-state index in [-0.39, 0.29) is 11.5 Å². The Hall–Kier alpha value is -2.41. The molecule has 0 radical (unpaired) electrons. The number of carbonyl (C=O) groups is 1. The number of carbonyl (C=O) groups excluding carboxylic acids is 1. The lowest BCUT2D eigenvalue weighted by atomic mass is 9.79. The van der Waals surface area contributed by atoms with E-state index in [4.69, 9.17) is 13.9 Å². The first-order chi connectivity index (χ1) is 13.0. The van der Waals surface area contributed by atoms with Gasteiger partial charge < -0.3 is 18.8 Å². The van der Waals surface area contributed by atoms with Crippen molar-refractivity contribution >= 4 is 5.91 Å². The highest BCUT2D eigenvalue weighted by molar-refractivity contribution is 5.93. The second kappa shape index (κ2) is 7.31. The highest BCUT2D eigenvalue weighted by Crippen LogP contribution is 2.38. The zero-order valence-corrected chi connectivity index (χ0v) is 15.8. The van der Waals surface area contributed by atoms with Crippen LogP contribution in [0.3, 0.4) is 0 Å². The highest BCUT2D eigenvalue weighted by atomic mass is 16.5. The second-order valence-electron chi connectivity index (χ2n) is 7.62. The van der Waals surface area contributed by atoms with Crippen LogP contribution in [-0.4, -0.2) is 52.7 Å². The Bertz CT molecular complexity index is 813. The fourth-order valence-electron chi connectivity index (χ4n) is 3.96. The number of nitrogens with zero attached hydrogens (tertiary/aromatic N) is 3. The van der Waals surface area contributed by atoms with E-state index in [9.17, 15) is 4.79 Å². The number of ether oxygens (including phenoxy) is 2. The molecule has 2 aromatic heterocycles. The lowest BCUT2D eigenvalue weighted by Gasteiger charge is -2.53. The number of likely N-dealkylation sites (tertiary alicyclic amines) is 1. The van der Waals surface area contributed by atoms with Crippen molar-refractivity contribution in [1.82, 2.24) is 14.9 Å². The minimum absolute atomic E-state index is 0.0461. The summed E-state index contributed by atoms with van der Waals surface area (Å²) in [5.41, 5.74) is 1.52. The molecule has 1 spiro atoms. The molecule has 4 rings (SSSR count). The molecule has 2 aliphatic rings. The van der Waals surface area contributed by atoms with Crippen LogP contribution in [0.15, 0.2) is 29.1 Å². The molecule has 0 bridgehead atoms. The molecule has 2 saturated heterocycles. The average molecular weight is 371 g/mol. The van der Waals surface area contributed by atoms with E-state index in [0.717, 1.165) is 37.1 Å². The predicted octanol–water partition coefficient (Wildman–Crippen LogP) is 2.78. The van der Waals surface area contributed by atoms with Crippen LogP contribution in [0.1, 0.15) is 41.1 Å². The number of furan rings is 1. The second-order valence-corrected chi connectivity index (χ2v) is 7.62. The van der Waals surface area contributed by atoms with Gasteiger partial charge in [-0.25, -0.2) is 4.98 Å². The number of rotatable bonds is 5. The third-order valence-electron chi connectivity index (χ3n) is 5.41. The van der Waals surface area contributed by atoms with E-state index in [2.05, 4.69) is 9.97 Å². The van der Waals surface area contributed by atoms with Crippen molar-refractivity contribution in [2.45, 2.75) is 38.7 Å². The maximum atomic E-state index is 12.5. The van der Waals surface area contributed by atoms with E-state index in [1.165, 1.54) is 0 Å². The van der Waals surface area contributed by atoms with Crippen LogP contribution >= 0.6 is 0 Å². The molecule has 4 heterocycles. The van der Waals surface area contributed by atoms with Crippen molar-refractivity contribution in [2.75, 3.05) is 26.3 Å². The van der Waals surface area contributed by atoms with E-state index in [0.29, 0.717) is 37.3 Å². The molecule has 7 nitrogen and oxygen atoms in total.